The summed E-state index contributed by atoms with van der Waals surface area (Å²) >= 11 is 0. The van der Waals surface area contributed by atoms with Crippen LogP contribution < -0.4 is 0 Å². The first kappa shape index (κ1) is 24.3. The van der Waals surface area contributed by atoms with Gasteiger partial charge in [0.1, 0.15) is 17.3 Å². The minimum absolute atomic E-state index is 0.233. The number of aryl methyl sites for hydroxylation is 2. The van der Waals surface area contributed by atoms with Crippen molar-refractivity contribution in [1.29, 1.82) is 0 Å². The molecule has 0 saturated carbocycles. The summed E-state index contributed by atoms with van der Waals surface area (Å²) in [5.74, 6) is -0.0745. The number of carbonyl (C=O) groups is 1. The van der Waals surface area contributed by atoms with Gasteiger partial charge in [-0.1, -0.05) is 32.0 Å². The maximum atomic E-state index is 12.6. The number of hydrogen-bond acceptors (Lipinski definition) is 6. The van der Waals surface area contributed by atoms with Crippen molar-refractivity contribution in [3.63, 3.8) is 0 Å². The summed E-state index contributed by atoms with van der Waals surface area (Å²) in [6.45, 7) is 10.8. The molecule has 0 atom stereocenters. The Morgan fingerprint density at radius 1 is 1.07 bits per heavy atom. The molecule has 0 spiro atoms. The van der Waals surface area contributed by atoms with Crippen molar-refractivity contribution in [3.05, 3.63) is 41.3 Å². The molecule has 0 aliphatic carbocycles. The van der Waals surface area contributed by atoms with Crippen LogP contribution in [0.2, 0.25) is 0 Å². The van der Waals surface area contributed by atoms with Crippen LogP contribution in [0.3, 0.4) is 0 Å². The Hall–Kier alpha value is -1.99. The molecule has 2 rings (SSSR count). The van der Waals surface area contributed by atoms with Gasteiger partial charge >= 0.3 is 0 Å². The zero-order valence-corrected chi connectivity index (χ0v) is 19.4. The predicted octanol–water partition coefficient (Wildman–Crippen LogP) is 4.34. The highest BCUT2D eigenvalue weighted by atomic mass is 32.2. The molecule has 0 aliphatic heterocycles. The Kier molecular flexibility index (Phi) is 9.24. The Morgan fingerprint density at radius 2 is 1.73 bits per heavy atom. The topological polar surface area (TPSA) is 80.5 Å². The summed E-state index contributed by atoms with van der Waals surface area (Å²) in [4.78, 5) is 19.0. The fourth-order valence-corrected chi connectivity index (χ4v) is 4.96. The zero-order chi connectivity index (χ0) is 22.1. The molecule has 1 aromatic heterocycles. The van der Waals surface area contributed by atoms with Crippen LogP contribution in [0.5, 0.6) is 0 Å². The van der Waals surface area contributed by atoms with E-state index < -0.39 is 15.6 Å². The summed E-state index contributed by atoms with van der Waals surface area (Å²) < 4.78 is 30.8. The van der Waals surface area contributed by atoms with Gasteiger partial charge < -0.3 is 9.32 Å². The highest BCUT2D eigenvalue weighted by molar-refractivity contribution is 7.91. The predicted molar refractivity (Wildman–Crippen MR) is 120 cm³/mol. The molecular formula is C23H34N2O4S. The van der Waals surface area contributed by atoms with Crippen molar-refractivity contribution in [1.82, 2.24) is 9.88 Å². The van der Waals surface area contributed by atoms with Crippen molar-refractivity contribution in [2.24, 2.45) is 0 Å². The molecule has 0 saturated heterocycles. The molecule has 30 heavy (non-hydrogen) atoms. The summed E-state index contributed by atoms with van der Waals surface area (Å²) in [6, 6.07) is 7.66. The zero-order valence-electron chi connectivity index (χ0n) is 18.6. The van der Waals surface area contributed by atoms with E-state index in [4.69, 9.17) is 4.42 Å². The number of rotatable bonds is 13. The van der Waals surface area contributed by atoms with E-state index in [0.29, 0.717) is 23.8 Å². The first-order valence-electron chi connectivity index (χ1n) is 10.7. The van der Waals surface area contributed by atoms with Gasteiger partial charge in [-0.05, 0) is 64.4 Å². The minimum atomic E-state index is -3.59. The van der Waals surface area contributed by atoms with Crippen LogP contribution in [-0.4, -0.2) is 49.5 Å². The number of oxazole rings is 1. The van der Waals surface area contributed by atoms with Crippen LogP contribution in [0.1, 0.15) is 56.5 Å². The lowest BCUT2D eigenvalue weighted by Crippen LogP contribution is -2.27. The number of hydrogen-bond donors (Lipinski definition) is 0. The minimum Gasteiger partial charge on any atom is -0.441 e. The second-order valence-corrected chi connectivity index (χ2v) is 9.92. The van der Waals surface area contributed by atoms with E-state index in [0.717, 1.165) is 43.6 Å². The van der Waals surface area contributed by atoms with E-state index >= 15 is 0 Å². The molecular weight excluding hydrogens is 400 g/mol. The van der Waals surface area contributed by atoms with Gasteiger partial charge in [-0.2, -0.15) is 0 Å². The summed E-state index contributed by atoms with van der Waals surface area (Å²) in [6.07, 6.45) is 3.12. The standard InChI is InChI=1S/C23H34N2O4S/c1-5-13-25(14-6-2)15-9-11-20(26)16-30(27,28)17-22-19(4)29-23(24-22)21-12-8-7-10-18(21)3/h7-8,10,12H,5-6,9,11,13-17H2,1-4H3. The van der Waals surface area contributed by atoms with E-state index in [-0.39, 0.29) is 18.0 Å². The van der Waals surface area contributed by atoms with Gasteiger partial charge in [0.15, 0.2) is 9.84 Å². The summed E-state index contributed by atoms with van der Waals surface area (Å²) in [5, 5.41) is 0. The number of Topliss-reactive ketones (excluding diaryl/α,β-unsaturated/α-hetero) is 1. The second kappa shape index (κ2) is 11.4. The monoisotopic (exact) mass is 434 g/mol. The van der Waals surface area contributed by atoms with Gasteiger partial charge in [-0.3, -0.25) is 4.79 Å². The lowest BCUT2D eigenvalue weighted by molar-refractivity contribution is -0.116. The summed E-state index contributed by atoms with van der Waals surface area (Å²) in [7, 11) is -3.59. The molecule has 7 heteroatoms. The average molecular weight is 435 g/mol. The number of sulfone groups is 1. The molecule has 0 fully saturated rings. The van der Waals surface area contributed by atoms with Gasteiger partial charge in [0.05, 0.1) is 11.4 Å². The maximum Gasteiger partial charge on any atom is 0.226 e. The molecule has 0 bridgehead atoms. The van der Waals surface area contributed by atoms with E-state index in [1.165, 1.54) is 0 Å². The van der Waals surface area contributed by atoms with Gasteiger partial charge in [-0.15, -0.1) is 0 Å². The van der Waals surface area contributed by atoms with Crippen LogP contribution in [0.25, 0.3) is 11.5 Å². The highest BCUT2D eigenvalue weighted by Gasteiger charge is 2.22. The smallest absolute Gasteiger partial charge is 0.226 e. The largest absolute Gasteiger partial charge is 0.441 e. The number of benzene rings is 1. The Balaban J connectivity index is 1.94. The van der Waals surface area contributed by atoms with Crippen LogP contribution in [0.15, 0.2) is 28.7 Å². The van der Waals surface area contributed by atoms with Crippen molar-refractivity contribution in [2.75, 3.05) is 25.4 Å². The van der Waals surface area contributed by atoms with Gasteiger partial charge in [-0.25, -0.2) is 13.4 Å². The average Bonchev–Trinajstić information content (AvgIpc) is 3.01. The Morgan fingerprint density at radius 3 is 2.37 bits per heavy atom. The number of nitrogens with zero attached hydrogens (tertiary/aromatic N) is 2. The van der Waals surface area contributed by atoms with Gasteiger partial charge in [0.2, 0.25) is 5.89 Å². The highest BCUT2D eigenvalue weighted by Crippen LogP contribution is 2.25. The normalized spacial score (nSPS) is 11.9. The molecule has 0 unspecified atom stereocenters. The number of ketones is 1. The van der Waals surface area contributed by atoms with Gasteiger partial charge in [0.25, 0.3) is 0 Å². The molecule has 0 N–H and O–H groups in total. The molecule has 2 aromatic rings. The first-order chi connectivity index (χ1) is 14.3. The molecule has 0 radical (unpaired) electrons. The molecule has 166 valence electrons. The van der Waals surface area contributed by atoms with Crippen molar-refractivity contribution >= 4 is 15.6 Å². The third-order valence-corrected chi connectivity index (χ3v) is 6.49. The number of aromatic nitrogens is 1. The lowest BCUT2D eigenvalue weighted by atomic mass is 10.1. The van der Waals surface area contributed by atoms with E-state index in [2.05, 4.69) is 23.7 Å². The third-order valence-electron chi connectivity index (χ3n) is 5.02. The quantitative estimate of drug-likeness (QED) is 0.466. The van der Waals surface area contributed by atoms with Crippen molar-refractivity contribution in [3.8, 4) is 11.5 Å². The van der Waals surface area contributed by atoms with Crippen LogP contribution in [0, 0.1) is 13.8 Å². The third kappa shape index (κ3) is 7.36. The maximum absolute atomic E-state index is 12.6. The van der Waals surface area contributed by atoms with Crippen molar-refractivity contribution in [2.45, 2.75) is 59.1 Å². The molecule has 1 aromatic carbocycles. The Bertz CT molecular complexity index is 928. The fraction of sp³-hybridized carbons (Fsp3) is 0.565. The number of carbonyl (C=O) groups excluding carboxylic acids is 1. The van der Waals surface area contributed by atoms with E-state index in [9.17, 15) is 13.2 Å². The Labute approximate surface area is 180 Å². The SMILES string of the molecule is CCCN(CCC)CCCC(=O)CS(=O)(=O)Cc1nc(-c2ccccc2C)oc1C. The van der Waals surface area contributed by atoms with Crippen molar-refractivity contribution < 1.29 is 17.6 Å². The van der Waals surface area contributed by atoms with Crippen LogP contribution >= 0.6 is 0 Å². The second-order valence-electron chi connectivity index (χ2n) is 7.85. The van der Waals surface area contributed by atoms with Crippen LogP contribution in [-0.2, 0) is 20.4 Å². The fourth-order valence-electron chi connectivity index (χ4n) is 3.53. The lowest BCUT2D eigenvalue weighted by Gasteiger charge is -2.20. The van der Waals surface area contributed by atoms with E-state index in [1.54, 1.807) is 6.92 Å². The van der Waals surface area contributed by atoms with E-state index in [1.807, 2.05) is 31.2 Å². The summed E-state index contributed by atoms with van der Waals surface area (Å²) in [5.41, 5.74) is 2.21. The van der Waals surface area contributed by atoms with Crippen LogP contribution in [0.4, 0.5) is 0 Å². The molecule has 6 nitrogen and oxygen atoms in total. The molecule has 1 heterocycles. The van der Waals surface area contributed by atoms with Gasteiger partial charge in [0, 0.05) is 12.0 Å². The first-order valence-corrected chi connectivity index (χ1v) is 12.5. The molecule has 0 amide bonds. The molecule has 0 aliphatic rings.